The van der Waals surface area contributed by atoms with Crippen LogP contribution in [-0.2, 0) is 11.2 Å². The summed E-state index contributed by atoms with van der Waals surface area (Å²) in [7, 11) is 0. The first kappa shape index (κ1) is 20.9. The summed E-state index contributed by atoms with van der Waals surface area (Å²) in [5.41, 5.74) is 4.19. The zero-order chi connectivity index (χ0) is 19.6. The molecule has 0 heterocycles. The molecule has 0 aromatic heterocycles. The molecule has 0 fully saturated rings. The molecule has 0 unspecified atom stereocenters. The molecule has 0 atom stereocenters. The van der Waals surface area contributed by atoms with Gasteiger partial charge in [0, 0.05) is 37.4 Å². The van der Waals surface area contributed by atoms with Gasteiger partial charge >= 0.3 is 0 Å². The van der Waals surface area contributed by atoms with Crippen molar-refractivity contribution in [1.82, 2.24) is 5.32 Å². The number of anilines is 2. The van der Waals surface area contributed by atoms with Gasteiger partial charge < -0.3 is 15.5 Å². The lowest BCUT2D eigenvalue weighted by Crippen LogP contribution is -2.24. The first-order valence-corrected chi connectivity index (χ1v) is 9.64. The van der Waals surface area contributed by atoms with Gasteiger partial charge in [-0.3, -0.25) is 4.79 Å². The topological polar surface area (TPSA) is 44.4 Å². The number of halogens is 1. The highest BCUT2D eigenvalue weighted by atomic mass is 19.1. The van der Waals surface area contributed by atoms with E-state index in [0.29, 0.717) is 13.0 Å². The fraction of sp³-hybridized carbons (Fsp3) is 0.409. The van der Waals surface area contributed by atoms with E-state index in [2.05, 4.69) is 41.5 Å². The minimum atomic E-state index is -0.219. The van der Waals surface area contributed by atoms with Crippen LogP contribution in [0.25, 0.3) is 0 Å². The van der Waals surface area contributed by atoms with Gasteiger partial charge in [0.2, 0.25) is 5.91 Å². The van der Waals surface area contributed by atoms with Gasteiger partial charge in [-0.2, -0.15) is 0 Å². The van der Waals surface area contributed by atoms with Gasteiger partial charge in [0.1, 0.15) is 5.82 Å². The predicted octanol–water partition coefficient (Wildman–Crippen LogP) is 4.14. The van der Waals surface area contributed by atoms with Crippen molar-refractivity contribution in [1.29, 1.82) is 0 Å². The Morgan fingerprint density at radius 2 is 1.74 bits per heavy atom. The largest absolute Gasteiger partial charge is 0.372 e. The summed E-state index contributed by atoms with van der Waals surface area (Å²) in [6, 6.07) is 12.7. The molecule has 4 nitrogen and oxygen atoms in total. The quantitative estimate of drug-likeness (QED) is 0.617. The Hall–Kier alpha value is -2.40. The van der Waals surface area contributed by atoms with Crippen molar-refractivity contribution in [2.24, 2.45) is 0 Å². The second-order valence-electron chi connectivity index (χ2n) is 6.60. The van der Waals surface area contributed by atoms with E-state index in [9.17, 15) is 9.18 Å². The van der Waals surface area contributed by atoms with Crippen LogP contribution in [0.1, 0.15) is 31.4 Å². The monoisotopic (exact) mass is 371 g/mol. The average Bonchev–Trinajstić information content (AvgIpc) is 2.66. The van der Waals surface area contributed by atoms with E-state index in [4.69, 9.17) is 0 Å². The van der Waals surface area contributed by atoms with Crippen molar-refractivity contribution in [2.45, 2.75) is 33.6 Å². The van der Waals surface area contributed by atoms with E-state index in [1.165, 1.54) is 17.8 Å². The second-order valence-corrected chi connectivity index (χ2v) is 6.60. The standard InChI is InChI=1S/C22H30FN3O/c1-4-26(5-2)20-10-11-21(17(3)16-20)25-22(27)13-15-24-14-12-18-6-8-19(23)9-7-18/h6-11,16,24H,4-5,12-15H2,1-3H3,(H,25,27). The number of nitrogens with one attached hydrogen (secondary N) is 2. The van der Waals surface area contributed by atoms with Crippen molar-refractivity contribution < 1.29 is 9.18 Å². The maximum absolute atomic E-state index is 12.9. The zero-order valence-electron chi connectivity index (χ0n) is 16.5. The van der Waals surface area contributed by atoms with Gasteiger partial charge in [0.15, 0.2) is 0 Å². The summed E-state index contributed by atoms with van der Waals surface area (Å²) in [6.45, 7) is 9.59. The summed E-state index contributed by atoms with van der Waals surface area (Å²) >= 11 is 0. The van der Waals surface area contributed by atoms with Crippen LogP contribution in [0.15, 0.2) is 42.5 Å². The lowest BCUT2D eigenvalue weighted by Gasteiger charge is -2.22. The number of carbonyl (C=O) groups excluding carboxylic acids is 1. The normalized spacial score (nSPS) is 10.7. The van der Waals surface area contributed by atoms with Crippen LogP contribution in [0.5, 0.6) is 0 Å². The van der Waals surface area contributed by atoms with Crippen LogP contribution in [-0.4, -0.2) is 32.1 Å². The van der Waals surface area contributed by atoms with Crippen LogP contribution < -0.4 is 15.5 Å². The molecule has 2 aromatic rings. The van der Waals surface area contributed by atoms with Crippen LogP contribution in [0.3, 0.4) is 0 Å². The predicted molar refractivity (Wildman–Crippen MR) is 111 cm³/mol. The molecule has 0 saturated heterocycles. The highest BCUT2D eigenvalue weighted by Gasteiger charge is 2.08. The molecular weight excluding hydrogens is 341 g/mol. The molecule has 2 rings (SSSR count). The molecule has 0 aliphatic carbocycles. The molecule has 0 aliphatic rings. The number of carbonyl (C=O) groups is 1. The molecule has 27 heavy (non-hydrogen) atoms. The van der Waals surface area contributed by atoms with Crippen molar-refractivity contribution in [2.75, 3.05) is 36.4 Å². The maximum Gasteiger partial charge on any atom is 0.225 e. The molecule has 1 amide bonds. The van der Waals surface area contributed by atoms with Crippen molar-refractivity contribution in [3.63, 3.8) is 0 Å². The number of amides is 1. The Kier molecular flexibility index (Phi) is 8.27. The Bertz CT molecular complexity index is 727. The molecule has 0 spiro atoms. The van der Waals surface area contributed by atoms with Crippen molar-refractivity contribution in [3.8, 4) is 0 Å². The highest BCUT2D eigenvalue weighted by molar-refractivity contribution is 5.91. The third-order valence-corrected chi connectivity index (χ3v) is 4.65. The van der Waals surface area contributed by atoms with Crippen molar-refractivity contribution >= 4 is 17.3 Å². The molecule has 0 aliphatic heterocycles. The smallest absolute Gasteiger partial charge is 0.225 e. The number of rotatable bonds is 10. The lowest BCUT2D eigenvalue weighted by molar-refractivity contribution is -0.116. The molecule has 0 bridgehead atoms. The van der Waals surface area contributed by atoms with E-state index in [1.54, 1.807) is 12.1 Å². The molecule has 5 heteroatoms. The van der Waals surface area contributed by atoms with E-state index < -0.39 is 0 Å². The Morgan fingerprint density at radius 3 is 2.37 bits per heavy atom. The average molecular weight is 372 g/mol. The Morgan fingerprint density at radius 1 is 1.04 bits per heavy atom. The first-order valence-electron chi connectivity index (χ1n) is 9.64. The maximum atomic E-state index is 12.9. The Balaban J connectivity index is 1.73. The second kappa shape index (κ2) is 10.7. The van der Waals surface area contributed by atoms with Gasteiger partial charge in [0.05, 0.1) is 0 Å². The first-order chi connectivity index (χ1) is 13.0. The van der Waals surface area contributed by atoms with Gasteiger partial charge in [-0.15, -0.1) is 0 Å². The third kappa shape index (κ3) is 6.68. The zero-order valence-corrected chi connectivity index (χ0v) is 16.5. The number of nitrogens with zero attached hydrogens (tertiary/aromatic N) is 1. The van der Waals surface area contributed by atoms with E-state index in [-0.39, 0.29) is 11.7 Å². The van der Waals surface area contributed by atoms with E-state index in [1.807, 2.05) is 13.0 Å². The third-order valence-electron chi connectivity index (χ3n) is 4.65. The summed E-state index contributed by atoms with van der Waals surface area (Å²) < 4.78 is 12.9. The molecule has 0 saturated carbocycles. The summed E-state index contributed by atoms with van der Waals surface area (Å²) in [6.07, 6.45) is 1.23. The van der Waals surface area contributed by atoms with Gasteiger partial charge in [-0.05, 0) is 75.2 Å². The van der Waals surface area contributed by atoms with E-state index >= 15 is 0 Å². The molecule has 2 aromatic carbocycles. The van der Waals surface area contributed by atoms with Crippen LogP contribution in [0.2, 0.25) is 0 Å². The summed E-state index contributed by atoms with van der Waals surface area (Å²) in [5.74, 6) is -0.216. The minimum absolute atomic E-state index is 0.00275. The van der Waals surface area contributed by atoms with Crippen LogP contribution >= 0.6 is 0 Å². The molecule has 2 N–H and O–H groups in total. The van der Waals surface area contributed by atoms with Crippen LogP contribution in [0, 0.1) is 12.7 Å². The lowest BCUT2D eigenvalue weighted by atomic mass is 10.1. The Labute approximate surface area is 161 Å². The number of benzene rings is 2. The number of hydrogen-bond donors (Lipinski definition) is 2. The number of hydrogen-bond acceptors (Lipinski definition) is 3. The fourth-order valence-corrected chi connectivity index (χ4v) is 3.00. The molecular formula is C22H30FN3O. The summed E-state index contributed by atoms with van der Waals surface area (Å²) in [5, 5.41) is 6.25. The summed E-state index contributed by atoms with van der Waals surface area (Å²) in [4.78, 5) is 14.4. The SMILES string of the molecule is CCN(CC)c1ccc(NC(=O)CCNCCc2ccc(F)cc2)c(C)c1. The number of aryl methyl sites for hydroxylation is 1. The van der Waals surface area contributed by atoms with Crippen LogP contribution in [0.4, 0.5) is 15.8 Å². The molecule has 146 valence electrons. The van der Waals surface area contributed by atoms with Gasteiger partial charge in [-0.25, -0.2) is 4.39 Å². The van der Waals surface area contributed by atoms with Gasteiger partial charge in [-0.1, -0.05) is 12.1 Å². The minimum Gasteiger partial charge on any atom is -0.372 e. The molecule has 0 radical (unpaired) electrons. The van der Waals surface area contributed by atoms with Crippen molar-refractivity contribution in [3.05, 3.63) is 59.4 Å². The van der Waals surface area contributed by atoms with E-state index in [0.717, 1.165) is 42.9 Å². The highest BCUT2D eigenvalue weighted by Crippen LogP contribution is 2.22. The fourth-order valence-electron chi connectivity index (χ4n) is 3.00. The van der Waals surface area contributed by atoms with Gasteiger partial charge in [0.25, 0.3) is 0 Å².